The summed E-state index contributed by atoms with van der Waals surface area (Å²) in [7, 11) is 0. The average Bonchev–Trinajstić information content (AvgIpc) is 2.77. The molecule has 0 aliphatic carbocycles. The first-order valence-electron chi connectivity index (χ1n) is 5.68. The minimum absolute atomic E-state index is 0.217. The number of nitrogen functional groups attached to an aromatic ring is 1. The van der Waals surface area contributed by atoms with Crippen molar-refractivity contribution in [1.29, 1.82) is 0 Å². The Morgan fingerprint density at radius 1 is 1.30 bits per heavy atom. The van der Waals surface area contributed by atoms with Crippen LogP contribution in [0.15, 0.2) is 24.5 Å². The van der Waals surface area contributed by atoms with Gasteiger partial charge in [-0.2, -0.15) is 5.10 Å². The van der Waals surface area contributed by atoms with E-state index >= 15 is 0 Å². The van der Waals surface area contributed by atoms with Crippen molar-refractivity contribution in [2.24, 2.45) is 0 Å². The number of aromatic nitrogens is 2. The van der Waals surface area contributed by atoms with Gasteiger partial charge in [-0.1, -0.05) is 34.8 Å². The standard InChI is InChI=1S/C12H11Cl3N4O/c13-7-5-17-19(6-7)2-1-11(20)18-12-9(14)3-8(16)4-10(12)15/h3-6H,1-2,16H2,(H,18,20). The molecule has 0 radical (unpaired) electrons. The second-order valence-corrected chi connectivity index (χ2v) is 5.33. The number of nitrogens with zero attached hydrogens (tertiary/aromatic N) is 2. The van der Waals surface area contributed by atoms with E-state index in [-0.39, 0.29) is 12.3 Å². The van der Waals surface area contributed by atoms with E-state index in [1.54, 1.807) is 10.9 Å². The first kappa shape index (κ1) is 15.0. The monoisotopic (exact) mass is 332 g/mol. The zero-order chi connectivity index (χ0) is 14.7. The summed E-state index contributed by atoms with van der Waals surface area (Å²) in [5, 5.41) is 7.74. The number of halogens is 3. The fourth-order valence-electron chi connectivity index (χ4n) is 1.59. The van der Waals surface area contributed by atoms with Gasteiger partial charge in [0.15, 0.2) is 0 Å². The van der Waals surface area contributed by atoms with Crippen molar-refractivity contribution in [1.82, 2.24) is 9.78 Å². The Hall–Kier alpha value is -1.43. The zero-order valence-electron chi connectivity index (χ0n) is 10.2. The molecular formula is C12H11Cl3N4O. The van der Waals surface area contributed by atoms with Crippen LogP contribution in [0, 0.1) is 0 Å². The molecule has 0 aliphatic rings. The maximum absolute atomic E-state index is 11.8. The summed E-state index contributed by atoms with van der Waals surface area (Å²) in [6, 6.07) is 3.05. The van der Waals surface area contributed by atoms with Gasteiger partial charge >= 0.3 is 0 Å². The van der Waals surface area contributed by atoms with Crippen molar-refractivity contribution in [2.75, 3.05) is 11.1 Å². The summed E-state index contributed by atoms with van der Waals surface area (Å²) in [5.74, 6) is -0.231. The molecule has 0 aliphatic heterocycles. The van der Waals surface area contributed by atoms with Crippen LogP contribution < -0.4 is 11.1 Å². The van der Waals surface area contributed by atoms with E-state index in [1.165, 1.54) is 18.3 Å². The van der Waals surface area contributed by atoms with Crippen LogP contribution in [-0.2, 0) is 11.3 Å². The normalized spacial score (nSPS) is 10.6. The minimum Gasteiger partial charge on any atom is -0.399 e. The molecule has 1 heterocycles. The van der Waals surface area contributed by atoms with Crippen LogP contribution in [0.2, 0.25) is 15.1 Å². The predicted molar refractivity (Wildman–Crippen MR) is 81.4 cm³/mol. The number of carbonyl (C=O) groups is 1. The third kappa shape index (κ3) is 3.79. The van der Waals surface area contributed by atoms with Gasteiger partial charge in [0.2, 0.25) is 5.91 Å². The molecule has 3 N–H and O–H groups in total. The number of carbonyl (C=O) groups excluding carboxylic acids is 1. The lowest BCUT2D eigenvalue weighted by molar-refractivity contribution is -0.116. The number of anilines is 2. The van der Waals surface area contributed by atoms with Crippen LogP contribution in [0.1, 0.15) is 6.42 Å². The molecule has 0 atom stereocenters. The predicted octanol–water partition coefficient (Wildman–Crippen LogP) is 3.45. The van der Waals surface area contributed by atoms with Crippen LogP contribution >= 0.6 is 34.8 Å². The summed E-state index contributed by atoms with van der Waals surface area (Å²) < 4.78 is 1.58. The molecule has 0 saturated carbocycles. The number of benzene rings is 1. The van der Waals surface area contributed by atoms with Crippen molar-refractivity contribution >= 4 is 52.1 Å². The molecule has 2 aromatic rings. The van der Waals surface area contributed by atoms with Gasteiger partial charge < -0.3 is 11.1 Å². The molecule has 0 bridgehead atoms. The molecule has 1 amide bonds. The number of hydrogen-bond donors (Lipinski definition) is 2. The van der Waals surface area contributed by atoms with E-state index in [9.17, 15) is 4.79 Å². The first-order chi connectivity index (χ1) is 9.45. The quantitative estimate of drug-likeness (QED) is 0.842. The molecule has 20 heavy (non-hydrogen) atoms. The van der Waals surface area contributed by atoms with E-state index in [2.05, 4.69) is 10.4 Å². The smallest absolute Gasteiger partial charge is 0.226 e. The van der Waals surface area contributed by atoms with Gasteiger partial charge in [-0.05, 0) is 12.1 Å². The first-order valence-corrected chi connectivity index (χ1v) is 6.81. The molecule has 1 aromatic carbocycles. The van der Waals surface area contributed by atoms with Gasteiger partial charge in [0.1, 0.15) is 0 Å². The summed E-state index contributed by atoms with van der Waals surface area (Å²) in [6.45, 7) is 0.406. The van der Waals surface area contributed by atoms with E-state index in [4.69, 9.17) is 40.5 Å². The highest BCUT2D eigenvalue weighted by atomic mass is 35.5. The lowest BCUT2D eigenvalue weighted by atomic mass is 10.2. The molecular weight excluding hydrogens is 323 g/mol. The molecule has 5 nitrogen and oxygen atoms in total. The van der Waals surface area contributed by atoms with Gasteiger partial charge in [-0.3, -0.25) is 9.48 Å². The van der Waals surface area contributed by atoms with Crippen LogP contribution in [0.4, 0.5) is 11.4 Å². The number of aryl methyl sites for hydroxylation is 1. The van der Waals surface area contributed by atoms with Crippen LogP contribution in [-0.4, -0.2) is 15.7 Å². The fraction of sp³-hybridized carbons (Fsp3) is 0.167. The largest absolute Gasteiger partial charge is 0.399 e. The lowest BCUT2D eigenvalue weighted by Crippen LogP contribution is -2.15. The second-order valence-electron chi connectivity index (χ2n) is 4.08. The Balaban J connectivity index is 1.98. The summed E-state index contributed by atoms with van der Waals surface area (Å²) >= 11 is 17.7. The molecule has 0 unspecified atom stereocenters. The highest BCUT2D eigenvalue weighted by molar-refractivity contribution is 6.40. The van der Waals surface area contributed by atoms with Gasteiger partial charge in [-0.25, -0.2) is 0 Å². The van der Waals surface area contributed by atoms with E-state index in [0.717, 1.165) is 0 Å². The number of nitrogens with two attached hydrogens (primary N) is 1. The fourth-order valence-corrected chi connectivity index (χ4v) is 2.35. The van der Waals surface area contributed by atoms with Crippen LogP contribution in [0.3, 0.4) is 0 Å². The number of hydrogen-bond acceptors (Lipinski definition) is 3. The molecule has 1 aromatic heterocycles. The van der Waals surface area contributed by atoms with Gasteiger partial charge in [0.05, 0.1) is 27.0 Å². The molecule has 0 saturated heterocycles. The lowest BCUT2D eigenvalue weighted by Gasteiger charge is -2.10. The van der Waals surface area contributed by atoms with Crippen LogP contribution in [0.25, 0.3) is 0 Å². The number of rotatable bonds is 4. The highest BCUT2D eigenvalue weighted by Crippen LogP contribution is 2.32. The summed E-state index contributed by atoms with van der Waals surface area (Å²) in [4.78, 5) is 11.8. The van der Waals surface area contributed by atoms with Crippen molar-refractivity contribution in [3.05, 3.63) is 39.6 Å². The van der Waals surface area contributed by atoms with Gasteiger partial charge in [0, 0.05) is 24.8 Å². The zero-order valence-corrected chi connectivity index (χ0v) is 12.5. The Labute approximate surface area is 130 Å². The van der Waals surface area contributed by atoms with Crippen molar-refractivity contribution < 1.29 is 4.79 Å². The Morgan fingerprint density at radius 2 is 1.95 bits per heavy atom. The maximum Gasteiger partial charge on any atom is 0.226 e. The molecule has 106 valence electrons. The number of amides is 1. The van der Waals surface area contributed by atoms with Gasteiger partial charge in [0.25, 0.3) is 0 Å². The summed E-state index contributed by atoms with van der Waals surface area (Å²) in [6.07, 6.45) is 3.36. The Bertz CT molecular complexity index is 618. The summed E-state index contributed by atoms with van der Waals surface area (Å²) in [5.41, 5.74) is 6.38. The van der Waals surface area contributed by atoms with Crippen molar-refractivity contribution in [2.45, 2.75) is 13.0 Å². The maximum atomic E-state index is 11.8. The van der Waals surface area contributed by atoms with E-state index in [0.29, 0.717) is 33.0 Å². The molecule has 0 spiro atoms. The second kappa shape index (κ2) is 6.35. The SMILES string of the molecule is Nc1cc(Cl)c(NC(=O)CCn2cc(Cl)cn2)c(Cl)c1. The third-order valence-electron chi connectivity index (χ3n) is 2.50. The Morgan fingerprint density at radius 3 is 2.50 bits per heavy atom. The third-order valence-corrected chi connectivity index (χ3v) is 3.29. The average molecular weight is 334 g/mol. The number of nitrogens with one attached hydrogen (secondary N) is 1. The highest BCUT2D eigenvalue weighted by Gasteiger charge is 2.11. The molecule has 2 rings (SSSR count). The Kier molecular flexibility index (Phi) is 4.75. The molecule has 0 fully saturated rings. The van der Waals surface area contributed by atoms with E-state index in [1.807, 2.05) is 0 Å². The van der Waals surface area contributed by atoms with Crippen molar-refractivity contribution in [3.63, 3.8) is 0 Å². The van der Waals surface area contributed by atoms with E-state index < -0.39 is 0 Å². The van der Waals surface area contributed by atoms with Crippen molar-refractivity contribution in [3.8, 4) is 0 Å². The van der Waals surface area contributed by atoms with Crippen LogP contribution in [0.5, 0.6) is 0 Å². The van der Waals surface area contributed by atoms with Gasteiger partial charge in [-0.15, -0.1) is 0 Å². The minimum atomic E-state index is -0.231. The topological polar surface area (TPSA) is 72.9 Å². The molecule has 8 heteroatoms.